The number of aryl methyl sites for hydroxylation is 1. The SMILES string of the molecule is Cc1cccc(C(=O)c2cc(F)c(Br)cc2F)c1. The van der Waals surface area contributed by atoms with Crippen LogP contribution in [0.15, 0.2) is 40.9 Å². The molecule has 0 spiro atoms. The van der Waals surface area contributed by atoms with Crippen LogP contribution in [0.2, 0.25) is 0 Å². The lowest BCUT2D eigenvalue weighted by Gasteiger charge is -2.05. The summed E-state index contributed by atoms with van der Waals surface area (Å²) in [6.07, 6.45) is 0. The lowest BCUT2D eigenvalue weighted by molar-refractivity contribution is 0.103. The zero-order valence-electron chi connectivity index (χ0n) is 9.51. The van der Waals surface area contributed by atoms with Gasteiger partial charge in [0.15, 0.2) is 5.78 Å². The number of halogens is 3. The molecule has 0 saturated carbocycles. The fourth-order valence-corrected chi connectivity index (χ4v) is 1.95. The van der Waals surface area contributed by atoms with Crippen LogP contribution < -0.4 is 0 Å². The molecule has 0 N–H and O–H groups in total. The molecule has 18 heavy (non-hydrogen) atoms. The summed E-state index contributed by atoms with van der Waals surface area (Å²) < 4.78 is 27.0. The molecule has 4 heteroatoms. The second kappa shape index (κ2) is 4.98. The second-order valence-corrected chi connectivity index (χ2v) is 4.80. The lowest BCUT2D eigenvalue weighted by atomic mass is 10.0. The molecule has 0 bridgehead atoms. The van der Waals surface area contributed by atoms with Crippen molar-refractivity contribution in [1.29, 1.82) is 0 Å². The number of hydrogen-bond acceptors (Lipinski definition) is 1. The van der Waals surface area contributed by atoms with Crippen LogP contribution in [0.3, 0.4) is 0 Å². The Kier molecular flexibility index (Phi) is 3.57. The molecule has 2 aromatic rings. The van der Waals surface area contributed by atoms with E-state index in [-0.39, 0.29) is 10.0 Å². The molecule has 2 aromatic carbocycles. The molecule has 0 atom stereocenters. The molecule has 0 aliphatic heterocycles. The van der Waals surface area contributed by atoms with Crippen molar-refractivity contribution < 1.29 is 13.6 Å². The number of hydrogen-bond donors (Lipinski definition) is 0. The van der Waals surface area contributed by atoms with Gasteiger partial charge in [-0.15, -0.1) is 0 Å². The van der Waals surface area contributed by atoms with Crippen molar-refractivity contribution in [1.82, 2.24) is 0 Å². The Morgan fingerprint density at radius 1 is 1.11 bits per heavy atom. The topological polar surface area (TPSA) is 17.1 Å². The maximum Gasteiger partial charge on any atom is 0.196 e. The van der Waals surface area contributed by atoms with E-state index < -0.39 is 17.4 Å². The summed E-state index contributed by atoms with van der Waals surface area (Å²) in [7, 11) is 0. The first-order valence-corrected chi connectivity index (χ1v) is 6.04. The molecule has 0 aliphatic carbocycles. The minimum absolute atomic E-state index is 0.000734. The van der Waals surface area contributed by atoms with Gasteiger partial charge in [0.2, 0.25) is 0 Å². The highest BCUT2D eigenvalue weighted by Gasteiger charge is 2.16. The third-order valence-electron chi connectivity index (χ3n) is 2.53. The van der Waals surface area contributed by atoms with Crippen molar-refractivity contribution in [3.8, 4) is 0 Å². The predicted molar refractivity (Wildman–Crippen MR) is 68.7 cm³/mol. The fraction of sp³-hybridized carbons (Fsp3) is 0.0714. The van der Waals surface area contributed by atoms with Crippen LogP contribution in [0, 0.1) is 18.6 Å². The van der Waals surface area contributed by atoms with Gasteiger partial charge in [-0.2, -0.15) is 0 Å². The average Bonchev–Trinajstić information content (AvgIpc) is 2.33. The highest BCUT2D eigenvalue weighted by atomic mass is 79.9. The van der Waals surface area contributed by atoms with Crippen LogP contribution in [0.25, 0.3) is 0 Å². The number of carbonyl (C=O) groups is 1. The van der Waals surface area contributed by atoms with Crippen LogP contribution in [-0.4, -0.2) is 5.78 Å². The average molecular weight is 311 g/mol. The molecule has 2 rings (SSSR count). The normalized spacial score (nSPS) is 10.4. The molecule has 0 saturated heterocycles. The van der Waals surface area contributed by atoms with Crippen molar-refractivity contribution in [3.63, 3.8) is 0 Å². The smallest absolute Gasteiger partial charge is 0.196 e. The monoisotopic (exact) mass is 310 g/mol. The Balaban J connectivity index is 2.49. The van der Waals surface area contributed by atoms with Crippen molar-refractivity contribution in [2.45, 2.75) is 6.92 Å². The maximum absolute atomic E-state index is 13.6. The van der Waals surface area contributed by atoms with E-state index in [1.54, 1.807) is 18.2 Å². The van der Waals surface area contributed by atoms with Crippen LogP contribution in [0.1, 0.15) is 21.5 Å². The van der Waals surface area contributed by atoms with Gasteiger partial charge in [0, 0.05) is 5.56 Å². The largest absolute Gasteiger partial charge is 0.288 e. The second-order valence-electron chi connectivity index (χ2n) is 3.94. The minimum Gasteiger partial charge on any atom is -0.288 e. The van der Waals surface area contributed by atoms with E-state index in [0.717, 1.165) is 17.7 Å². The van der Waals surface area contributed by atoms with Crippen molar-refractivity contribution in [2.24, 2.45) is 0 Å². The third-order valence-corrected chi connectivity index (χ3v) is 3.14. The molecule has 0 heterocycles. The number of ketones is 1. The van der Waals surface area contributed by atoms with Crippen LogP contribution in [0.4, 0.5) is 8.78 Å². The molecule has 92 valence electrons. The number of carbonyl (C=O) groups excluding carboxylic acids is 1. The van der Waals surface area contributed by atoms with Gasteiger partial charge in [0.1, 0.15) is 11.6 Å². The molecule has 0 unspecified atom stereocenters. The quantitative estimate of drug-likeness (QED) is 0.598. The van der Waals surface area contributed by atoms with Crippen LogP contribution in [0.5, 0.6) is 0 Å². The molecule has 1 nitrogen and oxygen atoms in total. The standard InChI is InChI=1S/C14H9BrF2O/c1-8-3-2-4-9(5-8)14(18)10-6-13(17)11(15)7-12(10)16/h2-7H,1H3. The third kappa shape index (κ3) is 2.48. The Labute approximate surface area is 112 Å². The van der Waals surface area contributed by atoms with Crippen molar-refractivity contribution in [2.75, 3.05) is 0 Å². The molecule has 0 fully saturated rings. The van der Waals surface area contributed by atoms with E-state index in [1.165, 1.54) is 0 Å². The minimum atomic E-state index is -0.741. The van der Waals surface area contributed by atoms with Crippen molar-refractivity contribution >= 4 is 21.7 Å². The van der Waals surface area contributed by atoms with Crippen LogP contribution >= 0.6 is 15.9 Å². The molecule has 0 aliphatic rings. The van der Waals surface area contributed by atoms with Gasteiger partial charge in [-0.05, 0) is 41.1 Å². The molecular formula is C14H9BrF2O. The van der Waals surface area contributed by atoms with Gasteiger partial charge in [-0.1, -0.05) is 23.8 Å². The summed E-state index contributed by atoms with van der Waals surface area (Å²) in [6, 6.07) is 8.61. The zero-order chi connectivity index (χ0) is 13.3. The molecule has 0 radical (unpaired) electrons. The van der Waals surface area contributed by atoms with Gasteiger partial charge in [0.25, 0.3) is 0 Å². The molecular weight excluding hydrogens is 302 g/mol. The van der Waals surface area contributed by atoms with Crippen molar-refractivity contribution in [3.05, 3.63) is 69.2 Å². The van der Waals surface area contributed by atoms with Gasteiger partial charge < -0.3 is 0 Å². The molecule has 0 amide bonds. The Morgan fingerprint density at radius 2 is 1.83 bits per heavy atom. The van der Waals surface area contributed by atoms with E-state index in [0.29, 0.717) is 5.56 Å². The highest BCUT2D eigenvalue weighted by Crippen LogP contribution is 2.22. The van der Waals surface area contributed by atoms with E-state index in [2.05, 4.69) is 15.9 Å². The summed E-state index contributed by atoms with van der Waals surface area (Å²) in [6.45, 7) is 1.83. The van der Waals surface area contributed by atoms with E-state index in [4.69, 9.17) is 0 Å². The van der Waals surface area contributed by atoms with E-state index >= 15 is 0 Å². The van der Waals surface area contributed by atoms with E-state index in [9.17, 15) is 13.6 Å². The first kappa shape index (κ1) is 12.9. The lowest BCUT2D eigenvalue weighted by Crippen LogP contribution is -2.05. The predicted octanol–water partition coefficient (Wildman–Crippen LogP) is 4.27. The first-order valence-electron chi connectivity index (χ1n) is 5.25. The van der Waals surface area contributed by atoms with Gasteiger partial charge in [-0.25, -0.2) is 8.78 Å². The number of benzene rings is 2. The summed E-state index contributed by atoms with van der Waals surface area (Å²) >= 11 is 2.87. The zero-order valence-corrected chi connectivity index (χ0v) is 11.1. The van der Waals surface area contributed by atoms with Gasteiger partial charge >= 0.3 is 0 Å². The van der Waals surface area contributed by atoms with Gasteiger partial charge in [-0.3, -0.25) is 4.79 Å². The number of rotatable bonds is 2. The summed E-state index contributed by atoms with van der Waals surface area (Å²) in [5.74, 6) is -1.93. The Bertz CT molecular complexity index is 623. The molecule has 0 aromatic heterocycles. The highest BCUT2D eigenvalue weighted by molar-refractivity contribution is 9.10. The van der Waals surface area contributed by atoms with E-state index in [1.807, 2.05) is 13.0 Å². The van der Waals surface area contributed by atoms with Gasteiger partial charge in [0.05, 0.1) is 10.0 Å². The first-order chi connectivity index (χ1) is 8.49. The summed E-state index contributed by atoms with van der Waals surface area (Å²) in [4.78, 5) is 12.1. The van der Waals surface area contributed by atoms with Crippen LogP contribution in [-0.2, 0) is 0 Å². The maximum atomic E-state index is 13.6. The Morgan fingerprint density at radius 3 is 2.50 bits per heavy atom. The fourth-order valence-electron chi connectivity index (χ4n) is 1.64. The summed E-state index contributed by atoms with van der Waals surface area (Å²) in [5, 5.41) is 0. The summed E-state index contributed by atoms with van der Waals surface area (Å²) in [5.41, 5.74) is 0.968. The Hall–Kier alpha value is -1.55.